The molecule has 0 saturated heterocycles. The van der Waals surface area contributed by atoms with E-state index in [1.165, 1.54) is 25.6 Å². The lowest BCUT2D eigenvalue weighted by atomic mass is 10.2. The van der Waals surface area contributed by atoms with Crippen molar-refractivity contribution in [3.05, 3.63) is 60.1 Å². The molecule has 0 spiro atoms. The molecule has 0 aliphatic heterocycles. The van der Waals surface area contributed by atoms with Gasteiger partial charge in [-0.2, -0.15) is 5.10 Å². The van der Waals surface area contributed by atoms with Crippen LogP contribution in [0.2, 0.25) is 0 Å². The summed E-state index contributed by atoms with van der Waals surface area (Å²) < 4.78 is 43.8. The van der Waals surface area contributed by atoms with Crippen LogP contribution in [0.15, 0.2) is 42.7 Å². The minimum absolute atomic E-state index is 0.144. The molecule has 11 nitrogen and oxygen atoms in total. The number of aromatic nitrogens is 4. The quantitative estimate of drug-likeness (QED) is 0.119. The molecule has 0 aliphatic carbocycles. The number of ether oxygens (including phenoxy) is 3. The van der Waals surface area contributed by atoms with E-state index in [4.69, 9.17) is 20.6 Å². The summed E-state index contributed by atoms with van der Waals surface area (Å²) in [6.45, 7) is 2.25. The molecule has 3 N–H and O–H groups in total. The van der Waals surface area contributed by atoms with Crippen LogP contribution < -0.4 is 20.1 Å². The molecule has 214 valence electrons. The molecule has 4 rings (SSSR count). The highest BCUT2D eigenvalue weighted by atomic mass is 19.2. The fourth-order valence-electron chi connectivity index (χ4n) is 3.92. The summed E-state index contributed by atoms with van der Waals surface area (Å²) in [7, 11) is 3.17. The van der Waals surface area contributed by atoms with Crippen LogP contribution in [0.25, 0.3) is 10.9 Å². The van der Waals surface area contributed by atoms with Gasteiger partial charge in [-0.25, -0.2) is 18.7 Å². The Kier molecular flexibility index (Phi) is 9.85. The summed E-state index contributed by atoms with van der Waals surface area (Å²) in [6, 6.07) is 11.3. The van der Waals surface area contributed by atoms with Crippen molar-refractivity contribution < 1.29 is 27.8 Å². The van der Waals surface area contributed by atoms with Gasteiger partial charge in [0.1, 0.15) is 12.1 Å². The summed E-state index contributed by atoms with van der Waals surface area (Å²) in [6.07, 6.45) is 7.49. The topological polar surface area (TPSA) is 127 Å². The maximum absolute atomic E-state index is 13.9. The maximum atomic E-state index is 13.9. The molecule has 41 heavy (non-hydrogen) atoms. The number of hydrogen-bond acceptors (Lipinski definition) is 9. The Bertz CT molecular complexity index is 1540. The molecule has 0 bridgehead atoms. The molecule has 2 aromatic carbocycles. The number of benzene rings is 2. The fraction of sp³-hybridized carbons (Fsp3) is 0.286. The van der Waals surface area contributed by atoms with Crippen LogP contribution in [-0.2, 0) is 16.0 Å². The number of H-pyrrole nitrogens is 1. The molecule has 0 unspecified atom stereocenters. The van der Waals surface area contributed by atoms with Gasteiger partial charge in [-0.1, -0.05) is 12.5 Å². The van der Waals surface area contributed by atoms with Crippen LogP contribution in [0.3, 0.4) is 0 Å². The molecular weight excluding hydrogens is 536 g/mol. The van der Waals surface area contributed by atoms with Crippen LogP contribution in [0.1, 0.15) is 12.1 Å². The third kappa shape index (κ3) is 7.58. The number of rotatable bonds is 14. The van der Waals surface area contributed by atoms with Gasteiger partial charge in [-0.05, 0) is 24.6 Å². The van der Waals surface area contributed by atoms with E-state index >= 15 is 0 Å². The van der Waals surface area contributed by atoms with Crippen molar-refractivity contribution in [2.24, 2.45) is 0 Å². The lowest BCUT2D eigenvalue weighted by Crippen LogP contribution is -2.24. The molecule has 0 fully saturated rings. The molecule has 0 atom stereocenters. The molecule has 0 radical (unpaired) electrons. The van der Waals surface area contributed by atoms with E-state index in [0.29, 0.717) is 72.5 Å². The zero-order valence-electron chi connectivity index (χ0n) is 22.5. The lowest BCUT2D eigenvalue weighted by molar-refractivity contribution is -0.115. The average molecular weight is 566 g/mol. The first kappa shape index (κ1) is 29.0. The Balaban J connectivity index is 1.40. The number of terminal acetylenes is 1. The first-order valence-corrected chi connectivity index (χ1v) is 12.6. The average Bonchev–Trinajstić information content (AvgIpc) is 3.41. The van der Waals surface area contributed by atoms with Gasteiger partial charge in [0.05, 0.1) is 37.9 Å². The predicted molar refractivity (Wildman–Crippen MR) is 149 cm³/mol. The van der Waals surface area contributed by atoms with E-state index < -0.39 is 17.5 Å². The van der Waals surface area contributed by atoms with E-state index in [1.807, 2.05) is 4.90 Å². The molecule has 2 aromatic heterocycles. The molecule has 0 saturated carbocycles. The zero-order chi connectivity index (χ0) is 29.2. The van der Waals surface area contributed by atoms with Gasteiger partial charge < -0.3 is 29.7 Å². The van der Waals surface area contributed by atoms with Gasteiger partial charge in [0.25, 0.3) is 0 Å². The summed E-state index contributed by atoms with van der Waals surface area (Å²) >= 11 is 0. The standard InChI is InChI=1S/C28H29F2N7O4/c1-4-37(10-12-39-2)9-6-11-41-24-16-22-19(15-23(24)40-3)28(32-17-31-22)34-25-13-18(35-36-25)14-26(38)33-21-8-5-7-20(29)27(21)30/h1,5,7-8,13,15-17H,6,9-12,14H2,2-3H3,(H,33,38)(H2,31,32,34,35,36). The van der Waals surface area contributed by atoms with Crippen LogP contribution in [-0.4, -0.2) is 71.5 Å². The number of anilines is 3. The van der Waals surface area contributed by atoms with Crippen LogP contribution in [0, 0.1) is 24.1 Å². The zero-order valence-corrected chi connectivity index (χ0v) is 22.5. The number of nitrogens with one attached hydrogen (secondary N) is 3. The lowest BCUT2D eigenvalue weighted by Gasteiger charge is -2.17. The number of carbonyl (C=O) groups excluding carboxylic acids is 1. The second-order valence-corrected chi connectivity index (χ2v) is 8.78. The monoisotopic (exact) mass is 565 g/mol. The van der Waals surface area contributed by atoms with Gasteiger partial charge in [0.15, 0.2) is 29.0 Å². The number of carbonyl (C=O) groups is 1. The molecule has 13 heteroatoms. The highest BCUT2D eigenvalue weighted by molar-refractivity contribution is 5.93. The number of nitrogens with zero attached hydrogens (tertiary/aromatic N) is 4. The molecule has 0 aliphatic rings. The second kappa shape index (κ2) is 13.9. The van der Waals surface area contributed by atoms with Crippen molar-refractivity contribution >= 4 is 34.1 Å². The molecule has 4 aromatic rings. The van der Waals surface area contributed by atoms with Crippen molar-refractivity contribution in [1.82, 2.24) is 25.1 Å². The Hall–Kier alpha value is -4.96. The van der Waals surface area contributed by atoms with Gasteiger partial charge >= 0.3 is 0 Å². The SMILES string of the molecule is C#CN(CCCOc1cc2ncnc(Nc3cc(CC(=O)Nc4cccc(F)c4F)[nH]n3)c2cc1OC)CCOC. The number of halogens is 2. The smallest absolute Gasteiger partial charge is 0.230 e. The summed E-state index contributed by atoms with van der Waals surface area (Å²) in [4.78, 5) is 22.8. The number of aromatic amines is 1. The Labute approximate surface area is 235 Å². The highest BCUT2D eigenvalue weighted by Crippen LogP contribution is 2.34. The normalized spacial score (nSPS) is 10.7. The van der Waals surface area contributed by atoms with Gasteiger partial charge in [-0.15, -0.1) is 0 Å². The van der Waals surface area contributed by atoms with Crippen molar-refractivity contribution in [2.45, 2.75) is 12.8 Å². The van der Waals surface area contributed by atoms with Crippen LogP contribution in [0.5, 0.6) is 11.5 Å². The highest BCUT2D eigenvalue weighted by Gasteiger charge is 2.15. The van der Waals surface area contributed by atoms with Crippen LogP contribution >= 0.6 is 0 Å². The summed E-state index contributed by atoms with van der Waals surface area (Å²) in [5.41, 5.74) is 0.809. The van der Waals surface area contributed by atoms with Crippen molar-refractivity contribution in [3.63, 3.8) is 0 Å². The second-order valence-electron chi connectivity index (χ2n) is 8.78. The number of methoxy groups -OCH3 is 2. The van der Waals surface area contributed by atoms with E-state index in [9.17, 15) is 13.6 Å². The van der Waals surface area contributed by atoms with Crippen molar-refractivity contribution in [1.29, 1.82) is 0 Å². The minimum atomic E-state index is -1.12. The third-order valence-corrected chi connectivity index (χ3v) is 5.95. The molecule has 1 amide bonds. The predicted octanol–water partition coefficient (Wildman–Crippen LogP) is 3.87. The minimum Gasteiger partial charge on any atom is -0.493 e. The summed E-state index contributed by atoms with van der Waals surface area (Å²) in [5.74, 6) is -0.864. The number of amides is 1. The van der Waals surface area contributed by atoms with Crippen molar-refractivity contribution in [3.8, 4) is 24.0 Å². The Morgan fingerprint density at radius 2 is 1.98 bits per heavy atom. The van der Waals surface area contributed by atoms with Gasteiger partial charge in [0.2, 0.25) is 5.91 Å². The van der Waals surface area contributed by atoms with E-state index in [0.717, 1.165) is 6.07 Å². The van der Waals surface area contributed by atoms with E-state index in [-0.39, 0.29) is 12.1 Å². The largest absolute Gasteiger partial charge is 0.493 e. The molecular formula is C28H29F2N7O4. The van der Waals surface area contributed by atoms with Gasteiger partial charge in [-0.3, -0.25) is 9.89 Å². The summed E-state index contributed by atoms with van der Waals surface area (Å²) in [5, 5.41) is 13.0. The number of fused-ring (bicyclic) bond motifs is 1. The first-order chi connectivity index (χ1) is 19.9. The first-order valence-electron chi connectivity index (χ1n) is 12.6. The third-order valence-electron chi connectivity index (χ3n) is 5.95. The van der Waals surface area contributed by atoms with Gasteiger partial charge in [0, 0.05) is 49.5 Å². The van der Waals surface area contributed by atoms with E-state index in [2.05, 4.69) is 36.8 Å². The van der Waals surface area contributed by atoms with Crippen molar-refractivity contribution in [2.75, 3.05) is 51.2 Å². The molecule has 2 heterocycles. The Morgan fingerprint density at radius 3 is 2.76 bits per heavy atom. The maximum Gasteiger partial charge on any atom is 0.230 e. The Morgan fingerprint density at radius 1 is 1.12 bits per heavy atom. The van der Waals surface area contributed by atoms with E-state index in [1.54, 1.807) is 25.3 Å². The van der Waals surface area contributed by atoms with Crippen LogP contribution in [0.4, 0.5) is 26.1 Å². The fourth-order valence-corrected chi connectivity index (χ4v) is 3.92. The number of hydrogen-bond donors (Lipinski definition) is 3.